The highest BCUT2D eigenvalue weighted by atomic mass is 16.3. The molecule has 0 atom stereocenters. The number of hydrogen-bond donors (Lipinski definition) is 3. The molecule has 0 saturated heterocycles. The highest BCUT2D eigenvalue weighted by Crippen LogP contribution is 2.13. The molecule has 1 heterocycles. The molecule has 0 aliphatic carbocycles. The van der Waals surface area contributed by atoms with Crippen molar-refractivity contribution in [1.82, 2.24) is 15.3 Å². The van der Waals surface area contributed by atoms with Gasteiger partial charge in [-0.1, -0.05) is 0 Å². The first-order valence-corrected chi connectivity index (χ1v) is 6.33. The zero-order valence-electron chi connectivity index (χ0n) is 10.9. The number of rotatable bonds is 6. The van der Waals surface area contributed by atoms with Crippen LogP contribution in [0.3, 0.4) is 0 Å². The largest absolute Gasteiger partial charge is 0.396 e. The van der Waals surface area contributed by atoms with Gasteiger partial charge in [0.1, 0.15) is 0 Å². The summed E-state index contributed by atoms with van der Waals surface area (Å²) >= 11 is 0. The summed E-state index contributed by atoms with van der Waals surface area (Å²) in [6.45, 7) is 0.535. The smallest absolute Gasteiger partial charge is 0.251 e. The molecule has 6 heteroatoms. The van der Waals surface area contributed by atoms with E-state index < -0.39 is 0 Å². The average molecular weight is 272 g/mol. The van der Waals surface area contributed by atoms with Gasteiger partial charge in [-0.2, -0.15) is 0 Å². The van der Waals surface area contributed by atoms with E-state index in [1.54, 1.807) is 42.7 Å². The van der Waals surface area contributed by atoms with E-state index in [1.165, 1.54) is 0 Å². The standard InChI is InChI=1S/C14H16N4O2/c19-10-2-9-15-13(20)11-3-5-12(6-4-11)18-14-16-7-1-8-17-14/h1,3-8,19H,2,9-10H2,(H,15,20)(H,16,17,18). The Morgan fingerprint density at radius 3 is 2.50 bits per heavy atom. The molecule has 3 N–H and O–H groups in total. The molecule has 6 nitrogen and oxygen atoms in total. The second kappa shape index (κ2) is 7.20. The number of carbonyl (C=O) groups is 1. The zero-order valence-corrected chi connectivity index (χ0v) is 10.9. The summed E-state index contributed by atoms with van der Waals surface area (Å²) in [4.78, 5) is 19.9. The Bertz CT molecular complexity index is 543. The van der Waals surface area contributed by atoms with E-state index >= 15 is 0 Å². The SMILES string of the molecule is O=C(NCCCO)c1ccc(Nc2ncccn2)cc1. The van der Waals surface area contributed by atoms with Gasteiger partial charge < -0.3 is 15.7 Å². The van der Waals surface area contributed by atoms with E-state index in [-0.39, 0.29) is 12.5 Å². The van der Waals surface area contributed by atoms with Crippen LogP contribution >= 0.6 is 0 Å². The fourth-order valence-electron chi connectivity index (χ4n) is 1.58. The number of carbonyl (C=O) groups excluding carboxylic acids is 1. The highest BCUT2D eigenvalue weighted by molar-refractivity contribution is 5.94. The number of amides is 1. The fourth-order valence-corrected chi connectivity index (χ4v) is 1.58. The van der Waals surface area contributed by atoms with Gasteiger partial charge in [0, 0.05) is 36.8 Å². The van der Waals surface area contributed by atoms with Crippen LogP contribution in [-0.2, 0) is 0 Å². The van der Waals surface area contributed by atoms with E-state index in [0.29, 0.717) is 24.5 Å². The molecule has 0 aliphatic heterocycles. The van der Waals surface area contributed by atoms with Crippen LogP contribution in [0, 0.1) is 0 Å². The van der Waals surface area contributed by atoms with Crippen molar-refractivity contribution in [3.05, 3.63) is 48.3 Å². The fraction of sp³-hybridized carbons (Fsp3) is 0.214. The number of aliphatic hydroxyl groups excluding tert-OH is 1. The summed E-state index contributed by atoms with van der Waals surface area (Å²) in [7, 11) is 0. The van der Waals surface area contributed by atoms with Gasteiger partial charge >= 0.3 is 0 Å². The van der Waals surface area contributed by atoms with E-state index in [4.69, 9.17) is 5.11 Å². The number of nitrogens with zero attached hydrogens (tertiary/aromatic N) is 2. The van der Waals surface area contributed by atoms with Gasteiger partial charge in [0.05, 0.1) is 0 Å². The van der Waals surface area contributed by atoms with Crippen LogP contribution in [0.1, 0.15) is 16.8 Å². The molecule has 0 aliphatic rings. The summed E-state index contributed by atoms with van der Waals surface area (Å²) in [5.74, 6) is 0.355. The third-order valence-electron chi connectivity index (χ3n) is 2.59. The first kappa shape index (κ1) is 14.0. The third kappa shape index (κ3) is 4.03. The lowest BCUT2D eigenvalue weighted by molar-refractivity contribution is 0.0951. The van der Waals surface area contributed by atoms with E-state index in [9.17, 15) is 4.79 Å². The molecule has 0 bridgehead atoms. The predicted octanol–water partition coefficient (Wildman–Crippen LogP) is 1.33. The van der Waals surface area contributed by atoms with Gasteiger partial charge in [0.25, 0.3) is 5.91 Å². The van der Waals surface area contributed by atoms with Gasteiger partial charge in [-0.25, -0.2) is 9.97 Å². The number of aliphatic hydroxyl groups is 1. The Morgan fingerprint density at radius 1 is 1.15 bits per heavy atom. The molecule has 0 fully saturated rings. The van der Waals surface area contributed by atoms with Crippen molar-refractivity contribution in [3.8, 4) is 0 Å². The predicted molar refractivity (Wildman–Crippen MR) is 75.8 cm³/mol. The third-order valence-corrected chi connectivity index (χ3v) is 2.59. The Balaban J connectivity index is 1.94. The summed E-state index contributed by atoms with van der Waals surface area (Å²) in [6, 6.07) is 8.76. The molecular formula is C14H16N4O2. The minimum Gasteiger partial charge on any atom is -0.396 e. The van der Waals surface area contributed by atoms with Crippen molar-refractivity contribution in [3.63, 3.8) is 0 Å². The Morgan fingerprint density at radius 2 is 1.85 bits per heavy atom. The summed E-state index contributed by atoms with van der Waals surface area (Å²) in [5, 5.41) is 14.4. The molecule has 2 aromatic rings. The van der Waals surface area contributed by atoms with Crippen LogP contribution in [-0.4, -0.2) is 34.1 Å². The van der Waals surface area contributed by atoms with Crippen molar-refractivity contribution < 1.29 is 9.90 Å². The second-order valence-corrected chi connectivity index (χ2v) is 4.11. The molecule has 20 heavy (non-hydrogen) atoms. The average Bonchev–Trinajstić information content (AvgIpc) is 2.49. The number of anilines is 2. The van der Waals surface area contributed by atoms with Crippen molar-refractivity contribution in [2.45, 2.75) is 6.42 Å². The molecule has 1 aromatic heterocycles. The highest BCUT2D eigenvalue weighted by Gasteiger charge is 2.04. The van der Waals surface area contributed by atoms with Crippen LogP contribution in [0.4, 0.5) is 11.6 Å². The number of hydrogen-bond acceptors (Lipinski definition) is 5. The first-order chi connectivity index (χ1) is 9.79. The molecule has 104 valence electrons. The maximum atomic E-state index is 11.8. The number of nitrogens with one attached hydrogen (secondary N) is 2. The van der Waals surface area contributed by atoms with Crippen molar-refractivity contribution in [1.29, 1.82) is 0 Å². The van der Waals surface area contributed by atoms with Gasteiger partial charge in [-0.3, -0.25) is 4.79 Å². The van der Waals surface area contributed by atoms with Crippen molar-refractivity contribution in [2.75, 3.05) is 18.5 Å². The van der Waals surface area contributed by atoms with E-state index in [2.05, 4.69) is 20.6 Å². The van der Waals surface area contributed by atoms with Crippen LogP contribution in [0.2, 0.25) is 0 Å². The molecule has 1 aromatic carbocycles. The second-order valence-electron chi connectivity index (χ2n) is 4.11. The van der Waals surface area contributed by atoms with Crippen LogP contribution in [0.15, 0.2) is 42.7 Å². The van der Waals surface area contributed by atoms with Crippen molar-refractivity contribution in [2.24, 2.45) is 0 Å². The minimum absolute atomic E-state index is 0.0697. The van der Waals surface area contributed by atoms with E-state index in [0.717, 1.165) is 5.69 Å². The number of benzene rings is 1. The quantitative estimate of drug-likeness (QED) is 0.691. The van der Waals surface area contributed by atoms with Gasteiger partial charge in [0.15, 0.2) is 0 Å². The first-order valence-electron chi connectivity index (χ1n) is 6.33. The molecule has 1 amide bonds. The van der Waals surface area contributed by atoms with Gasteiger partial charge in [0.2, 0.25) is 5.95 Å². The lowest BCUT2D eigenvalue weighted by Crippen LogP contribution is -2.24. The van der Waals surface area contributed by atoms with Crippen LogP contribution in [0.25, 0.3) is 0 Å². The molecule has 2 rings (SSSR count). The maximum absolute atomic E-state index is 11.8. The summed E-state index contributed by atoms with van der Waals surface area (Å²) in [6.07, 6.45) is 3.85. The molecule has 0 radical (unpaired) electrons. The molecular weight excluding hydrogens is 256 g/mol. The number of aromatic nitrogens is 2. The van der Waals surface area contributed by atoms with Gasteiger partial charge in [-0.15, -0.1) is 0 Å². The van der Waals surface area contributed by atoms with Crippen LogP contribution < -0.4 is 10.6 Å². The zero-order chi connectivity index (χ0) is 14.2. The summed E-state index contributed by atoms with van der Waals surface area (Å²) < 4.78 is 0. The Labute approximate surface area is 116 Å². The maximum Gasteiger partial charge on any atom is 0.251 e. The van der Waals surface area contributed by atoms with E-state index in [1.807, 2.05) is 0 Å². The van der Waals surface area contributed by atoms with Gasteiger partial charge in [-0.05, 0) is 36.8 Å². The Kier molecular flexibility index (Phi) is 5.02. The van der Waals surface area contributed by atoms with Crippen molar-refractivity contribution >= 4 is 17.5 Å². The molecule has 0 spiro atoms. The van der Waals surface area contributed by atoms with Crippen LogP contribution in [0.5, 0.6) is 0 Å². The lowest BCUT2D eigenvalue weighted by atomic mass is 10.2. The normalized spacial score (nSPS) is 10.1. The minimum atomic E-state index is -0.152. The summed E-state index contributed by atoms with van der Waals surface area (Å²) in [5.41, 5.74) is 1.38. The molecule has 0 unspecified atom stereocenters. The topological polar surface area (TPSA) is 87.1 Å². The monoisotopic (exact) mass is 272 g/mol. The Hall–Kier alpha value is -2.47. The lowest BCUT2D eigenvalue weighted by Gasteiger charge is -2.06. The molecule has 0 saturated carbocycles.